The van der Waals surface area contributed by atoms with Gasteiger partial charge in [0, 0.05) is 17.2 Å². The summed E-state index contributed by atoms with van der Waals surface area (Å²) in [5, 5.41) is 0. The Bertz CT molecular complexity index is 673. The average molecular weight is 316 g/mol. The van der Waals surface area contributed by atoms with Crippen LogP contribution in [0.5, 0.6) is 5.75 Å². The van der Waals surface area contributed by atoms with Gasteiger partial charge in [0.1, 0.15) is 25.1 Å². The number of carbonyl (C=O) groups excluding carboxylic acids is 3. The van der Waals surface area contributed by atoms with Crippen LogP contribution in [0.1, 0.15) is 12.5 Å². The molecule has 6 heteroatoms. The first-order valence-corrected chi connectivity index (χ1v) is 6.98. The third kappa shape index (κ3) is 4.29. The molecule has 0 spiro atoms. The standard InChI is InChI=1S/C17H16O6/c1-3-15(18)23-11(2)9-22-17(20)16(19)13-8-12-6-4-5-7-14(12)21-10-13/h3-8,11H,1,9-10H2,2H3. The summed E-state index contributed by atoms with van der Waals surface area (Å²) in [5.41, 5.74) is 0.938. The van der Waals surface area contributed by atoms with Crippen LogP contribution in [0.15, 0.2) is 42.5 Å². The summed E-state index contributed by atoms with van der Waals surface area (Å²) in [6, 6.07) is 7.19. The van der Waals surface area contributed by atoms with E-state index < -0.39 is 23.8 Å². The maximum absolute atomic E-state index is 12.1. The Morgan fingerprint density at radius 2 is 2.09 bits per heavy atom. The van der Waals surface area contributed by atoms with Crippen molar-refractivity contribution in [3.63, 3.8) is 0 Å². The summed E-state index contributed by atoms with van der Waals surface area (Å²) in [4.78, 5) is 34.8. The van der Waals surface area contributed by atoms with Crippen LogP contribution in [0, 0.1) is 0 Å². The van der Waals surface area contributed by atoms with Crippen LogP contribution in [0.25, 0.3) is 6.08 Å². The molecule has 2 rings (SSSR count). The van der Waals surface area contributed by atoms with Crippen LogP contribution in [-0.2, 0) is 23.9 Å². The molecule has 0 amide bonds. The molecule has 0 aromatic heterocycles. The Morgan fingerprint density at radius 3 is 2.83 bits per heavy atom. The van der Waals surface area contributed by atoms with Crippen molar-refractivity contribution < 1.29 is 28.6 Å². The van der Waals surface area contributed by atoms with Gasteiger partial charge in [-0.25, -0.2) is 9.59 Å². The van der Waals surface area contributed by atoms with E-state index in [9.17, 15) is 14.4 Å². The third-order valence-electron chi connectivity index (χ3n) is 3.04. The lowest BCUT2D eigenvalue weighted by molar-refractivity contribution is -0.158. The molecule has 1 aromatic rings. The number of carbonyl (C=O) groups is 3. The van der Waals surface area contributed by atoms with Crippen LogP contribution in [0.2, 0.25) is 0 Å². The molecule has 120 valence electrons. The highest BCUT2D eigenvalue weighted by molar-refractivity contribution is 6.41. The number of hydrogen-bond donors (Lipinski definition) is 0. The number of rotatable bonds is 6. The number of ketones is 1. The van der Waals surface area contributed by atoms with Gasteiger partial charge in [-0.05, 0) is 19.1 Å². The Hall–Kier alpha value is -2.89. The summed E-state index contributed by atoms with van der Waals surface area (Å²) >= 11 is 0. The average Bonchev–Trinajstić information content (AvgIpc) is 2.58. The highest BCUT2D eigenvalue weighted by atomic mass is 16.6. The molecule has 1 aromatic carbocycles. The minimum atomic E-state index is -1.01. The smallest absolute Gasteiger partial charge is 0.379 e. The first kappa shape index (κ1) is 16.5. The van der Waals surface area contributed by atoms with Crippen molar-refractivity contribution in [2.75, 3.05) is 13.2 Å². The summed E-state index contributed by atoms with van der Waals surface area (Å²) in [5.74, 6) is -1.76. The SMILES string of the molecule is C=CC(=O)OC(C)COC(=O)C(=O)C1=Cc2ccccc2OC1. The predicted octanol–water partition coefficient (Wildman–Crippen LogP) is 1.69. The zero-order valence-electron chi connectivity index (χ0n) is 12.6. The molecule has 0 bridgehead atoms. The quantitative estimate of drug-likeness (QED) is 0.451. The fourth-order valence-electron chi connectivity index (χ4n) is 1.92. The maximum atomic E-state index is 12.1. The Balaban J connectivity index is 1.93. The minimum Gasteiger partial charge on any atom is -0.488 e. The molecule has 0 saturated heterocycles. The molecule has 0 N–H and O–H groups in total. The van der Waals surface area contributed by atoms with E-state index in [-0.39, 0.29) is 18.8 Å². The molecule has 1 aliphatic heterocycles. The van der Waals surface area contributed by atoms with Crippen molar-refractivity contribution >= 4 is 23.8 Å². The minimum absolute atomic E-state index is 0.00590. The first-order chi connectivity index (χ1) is 11.0. The highest BCUT2D eigenvalue weighted by Gasteiger charge is 2.25. The third-order valence-corrected chi connectivity index (χ3v) is 3.04. The second-order valence-corrected chi connectivity index (χ2v) is 4.88. The fraction of sp³-hybridized carbons (Fsp3) is 0.235. The largest absolute Gasteiger partial charge is 0.488 e. The molecule has 0 radical (unpaired) electrons. The van der Waals surface area contributed by atoms with Gasteiger partial charge in [0.2, 0.25) is 0 Å². The molecule has 0 fully saturated rings. The zero-order chi connectivity index (χ0) is 16.8. The van der Waals surface area contributed by atoms with Gasteiger partial charge in [-0.3, -0.25) is 4.79 Å². The van der Waals surface area contributed by atoms with E-state index in [1.807, 2.05) is 6.07 Å². The number of para-hydroxylation sites is 1. The van der Waals surface area contributed by atoms with E-state index in [4.69, 9.17) is 14.2 Å². The van der Waals surface area contributed by atoms with Crippen LogP contribution in [0.3, 0.4) is 0 Å². The molecule has 0 aliphatic carbocycles. The zero-order valence-corrected chi connectivity index (χ0v) is 12.6. The second kappa shape index (κ2) is 7.40. The van der Waals surface area contributed by atoms with Crippen molar-refractivity contribution in [2.45, 2.75) is 13.0 Å². The van der Waals surface area contributed by atoms with Crippen molar-refractivity contribution in [2.24, 2.45) is 0 Å². The fourth-order valence-corrected chi connectivity index (χ4v) is 1.92. The molecular weight excluding hydrogens is 300 g/mol. The summed E-state index contributed by atoms with van der Waals surface area (Å²) in [6.45, 7) is 4.59. The van der Waals surface area contributed by atoms with Crippen molar-refractivity contribution in [3.8, 4) is 5.75 Å². The van der Waals surface area contributed by atoms with Gasteiger partial charge in [-0.15, -0.1) is 0 Å². The van der Waals surface area contributed by atoms with Crippen LogP contribution in [0.4, 0.5) is 0 Å². The van der Waals surface area contributed by atoms with Crippen molar-refractivity contribution in [1.82, 2.24) is 0 Å². The van der Waals surface area contributed by atoms with Gasteiger partial charge in [0.15, 0.2) is 0 Å². The first-order valence-electron chi connectivity index (χ1n) is 6.98. The lowest BCUT2D eigenvalue weighted by atomic mass is 10.0. The lowest BCUT2D eigenvalue weighted by Crippen LogP contribution is -2.28. The van der Waals surface area contributed by atoms with Gasteiger partial charge < -0.3 is 14.2 Å². The van der Waals surface area contributed by atoms with Crippen molar-refractivity contribution in [3.05, 3.63) is 48.1 Å². The number of fused-ring (bicyclic) bond motifs is 1. The molecule has 1 heterocycles. The molecule has 1 unspecified atom stereocenters. The summed E-state index contributed by atoms with van der Waals surface area (Å²) in [7, 11) is 0. The highest BCUT2D eigenvalue weighted by Crippen LogP contribution is 2.26. The van der Waals surface area contributed by atoms with Crippen LogP contribution >= 0.6 is 0 Å². The molecule has 23 heavy (non-hydrogen) atoms. The Morgan fingerprint density at radius 1 is 1.35 bits per heavy atom. The van der Waals surface area contributed by atoms with E-state index in [1.165, 1.54) is 0 Å². The predicted molar refractivity (Wildman–Crippen MR) is 81.6 cm³/mol. The summed E-state index contributed by atoms with van der Waals surface area (Å²) in [6.07, 6.45) is 1.93. The Labute approximate surface area is 133 Å². The van der Waals surface area contributed by atoms with E-state index >= 15 is 0 Å². The topological polar surface area (TPSA) is 78.9 Å². The number of Topliss-reactive ketones (excluding diaryl/α,β-unsaturated/α-hetero) is 1. The van der Waals surface area contributed by atoms with Crippen LogP contribution < -0.4 is 4.74 Å². The lowest BCUT2D eigenvalue weighted by Gasteiger charge is -2.17. The normalized spacial score (nSPS) is 13.7. The Kier molecular flexibility index (Phi) is 5.30. The number of ether oxygens (including phenoxy) is 3. The van der Waals surface area contributed by atoms with E-state index in [2.05, 4.69) is 6.58 Å². The second-order valence-electron chi connectivity index (χ2n) is 4.88. The number of benzene rings is 1. The van der Waals surface area contributed by atoms with Crippen LogP contribution in [-0.4, -0.2) is 37.0 Å². The van der Waals surface area contributed by atoms with E-state index in [0.717, 1.165) is 11.6 Å². The van der Waals surface area contributed by atoms with Gasteiger partial charge in [0.25, 0.3) is 5.78 Å². The van der Waals surface area contributed by atoms with E-state index in [0.29, 0.717) is 5.75 Å². The molecule has 1 aliphatic rings. The number of hydrogen-bond acceptors (Lipinski definition) is 6. The molecular formula is C17H16O6. The monoisotopic (exact) mass is 316 g/mol. The van der Waals surface area contributed by atoms with Gasteiger partial charge >= 0.3 is 11.9 Å². The summed E-state index contributed by atoms with van der Waals surface area (Å²) < 4.78 is 15.1. The number of esters is 2. The maximum Gasteiger partial charge on any atom is 0.379 e. The van der Waals surface area contributed by atoms with Gasteiger partial charge in [0.05, 0.1) is 0 Å². The molecule has 6 nitrogen and oxygen atoms in total. The van der Waals surface area contributed by atoms with Gasteiger partial charge in [-0.2, -0.15) is 0 Å². The van der Waals surface area contributed by atoms with Gasteiger partial charge in [-0.1, -0.05) is 24.8 Å². The van der Waals surface area contributed by atoms with Crippen molar-refractivity contribution in [1.29, 1.82) is 0 Å². The molecule has 0 saturated carbocycles. The molecule has 1 atom stereocenters. The van der Waals surface area contributed by atoms with E-state index in [1.54, 1.807) is 31.2 Å².